The summed E-state index contributed by atoms with van der Waals surface area (Å²) >= 11 is 0. The number of rotatable bonds is 3. The lowest BCUT2D eigenvalue weighted by Gasteiger charge is -2.22. The van der Waals surface area contributed by atoms with Crippen LogP contribution in [0.1, 0.15) is 43.7 Å². The Labute approximate surface area is 118 Å². The summed E-state index contributed by atoms with van der Waals surface area (Å²) in [6, 6.07) is 2.37. The van der Waals surface area contributed by atoms with Crippen LogP contribution >= 0.6 is 0 Å². The summed E-state index contributed by atoms with van der Waals surface area (Å²) in [5.41, 5.74) is 0.125. The fourth-order valence-electron chi connectivity index (χ4n) is 2.34. The van der Waals surface area contributed by atoms with Gasteiger partial charge in [0, 0.05) is 13.1 Å². The normalized spacial score (nSPS) is 20.5. The number of carboxylic acids is 1. The van der Waals surface area contributed by atoms with Crippen LogP contribution in [-0.2, 0) is 10.0 Å². The Morgan fingerprint density at radius 1 is 1.30 bits per heavy atom. The smallest absolute Gasteiger partial charge is 0.371 e. The third-order valence-electron chi connectivity index (χ3n) is 3.69. The molecule has 7 heteroatoms. The van der Waals surface area contributed by atoms with Crippen molar-refractivity contribution in [2.24, 2.45) is 5.41 Å². The monoisotopic (exact) mass is 301 g/mol. The van der Waals surface area contributed by atoms with Crippen LogP contribution in [0.25, 0.3) is 0 Å². The summed E-state index contributed by atoms with van der Waals surface area (Å²) in [6.07, 6.45) is 2.54. The minimum Gasteiger partial charge on any atom is -0.475 e. The summed E-state index contributed by atoms with van der Waals surface area (Å²) < 4.78 is 31.2. The van der Waals surface area contributed by atoms with E-state index in [4.69, 9.17) is 9.52 Å². The van der Waals surface area contributed by atoms with Crippen LogP contribution in [0.3, 0.4) is 0 Å². The minimum absolute atomic E-state index is 0.125. The highest BCUT2D eigenvalue weighted by atomic mass is 32.2. The largest absolute Gasteiger partial charge is 0.475 e. The Balaban J connectivity index is 2.23. The van der Waals surface area contributed by atoms with Gasteiger partial charge in [-0.05, 0) is 36.8 Å². The Kier molecular flexibility index (Phi) is 3.93. The molecule has 0 saturated carbocycles. The lowest BCUT2D eigenvalue weighted by molar-refractivity contribution is 0.0656. The van der Waals surface area contributed by atoms with Gasteiger partial charge in [0.2, 0.25) is 10.9 Å². The summed E-state index contributed by atoms with van der Waals surface area (Å²) in [4.78, 5) is 10.8. The van der Waals surface area contributed by atoms with E-state index >= 15 is 0 Å². The average Bonchev–Trinajstić information content (AvgIpc) is 2.76. The molecule has 6 nitrogen and oxygen atoms in total. The van der Waals surface area contributed by atoms with Crippen LogP contribution in [0, 0.1) is 5.41 Å². The third kappa shape index (κ3) is 3.04. The zero-order chi connectivity index (χ0) is 15.0. The van der Waals surface area contributed by atoms with E-state index in [1.165, 1.54) is 10.4 Å². The highest BCUT2D eigenvalue weighted by Gasteiger charge is 2.32. The molecule has 1 aromatic rings. The molecule has 1 fully saturated rings. The molecule has 0 spiro atoms. The van der Waals surface area contributed by atoms with Gasteiger partial charge in [0.05, 0.1) is 0 Å². The van der Waals surface area contributed by atoms with Gasteiger partial charge in [0.25, 0.3) is 10.0 Å². The predicted molar refractivity (Wildman–Crippen MR) is 72.1 cm³/mol. The first kappa shape index (κ1) is 15.1. The van der Waals surface area contributed by atoms with E-state index in [9.17, 15) is 13.2 Å². The molecular formula is C13H19NO5S. The fraction of sp³-hybridized carbons (Fsp3) is 0.615. The lowest BCUT2D eigenvalue weighted by atomic mass is 9.85. The van der Waals surface area contributed by atoms with Crippen LogP contribution in [0.5, 0.6) is 0 Å². The zero-order valence-corrected chi connectivity index (χ0v) is 12.4. The van der Waals surface area contributed by atoms with Gasteiger partial charge in [-0.3, -0.25) is 0 Å². The van der Waals surface area contributed by atoms with Gasteiger partial charge >= 0.3 is 5.97 Å². The van der Waals surface area contributed by atoms with Crippen molar-refractivity contribution in [3.05, 3.63) is 17.9 Å². The topological polar surface area (TPSA) is 87.8 Å². The Morgan fingerprint density at radius 3 is 2.60 bits per heavy atom. The molecule has 1 aromatic heterocycles. The van der Waals surface area contributed by atoms with Crippen molar-refractivity contribution in [3.63, 3.8) is 0 Å². The maximum atomic E-state index is 12.4. The van der Waals surface area contributed by atoms with Gasteiger partial charge < -0.3 is 9.52 Å². The van der Waals surface area contributed by atoms with E-state index in [2.05, 4.69) is 13.8 Å². The molecule has 0 aliphatic carbocycles. The Hall–Kier alpha value is -1.34. The molecule has 1 saturated heterocycles. The van der Waals surface area contributed by atoms with Crippen LogP contribution in [0.15, 0.2) is 21.6 Å². The van der Waals surface area contributed by atoms with Crippen molar-refractivity contribution in [2.75, 3.05) is 13.1 Å². The number of hydrogen-bond donors (Lipinski definition) is 1. The van der Waals surface area contributed by atoms with Gasteiger partial charge in [-0.25, -0.2) is 13.2 Å². The second-order valence-corrected chi connectivity index (χ2v) is 7.71. The van der Waals surface area contributed by atoms with Gasteiger partial charge in [-0.1, -0.05) is 13.8 Å². The molecule has 1 aliphatic rings. The third-order valence-corrected chi connectivity index (χ3v) is 5.46. The van der Waals surface area contributed by atoms with Crippen molar-refractivity contribution in [1.29, 1.82) is 0 Å². The minimum atomic E-state index is -3.74. The maximum absolute atomic E-state index is 12.4. The van der Waals surface area contributed by atoms with E-state index in [0.29, 0.717) is 13.1 Å². The first-order valence-corrected chi connectivity index (χ1v) is 8.00. The number of aromatic carboxylic acids is 1. The van der Waals surface area contributed by atoms with Crippen molar-refractivity contribution in [3.8, 4) is 0 Å². The zero-order valence-electron chi connectivity index (χ0n) is 11.6. The molecule has 112 valence electrons. The molecule has 1 aliphatic heterocycles. The number of carboxylic acid groups (broad SMARTS) is 1. The molecule has 0 amide bonds. The predicted octanol–water partition coefficient (Wildman–Crippen LogP) is 2.18. The van der Waals surface area contributed by atoms with E-state index in [1.807, 2.05) is 0 Å². The molecule has 2 heterocycles. The average molecular weight is 301 g/mol. The highest BCUT2D eigenvalue weighted by molar-refractivity contribution is 7.89. The fourth-order valence-corrected chi connectivity index (χ4v) is 3.73. The summed E-state index contributed by atoms with van der Waals surface area (Å²) in [5.74, 6) is -1.64. The van der Waals surface area contributed by atoms with Gasteiger partial charge in [-0.2, -0.15) is 4.31 Å². The van der Waals surface area contributed by atoms with Crippen molar-refractivity contribution < 1.29 is 22.7 Å². The van der Waals surface area contributed by atoms with Crippen LogP contribution in [-0.4, -0.2) is 36.9 Å². The second kappa shape index (κ2) is 5.21. The number of hydrogen-bond acceptors (Lipinski definition) is 4. The van der Waals surface area contributed by atoms with E-state index < -0.39 is 16.0 Å². The molecular weight excluding hydrogens is 282 g/mol. The maximum Gasteiger partial charge on any atom is 0.371 e. The van der Waals surface area contributed by atoms with E-state index in [0.717, 1.165) is 25.3 Å². The second-order valence-electron chi connectivity index (χ2n) is 5.85. The number of nitrogens with zero attached hydrogens (tertiary/aromatic N) is 1. The van der Waals surface area contributed by atoms with Gasteiger partial charge in [-0.15, -0.1) is 0 Å². The molecule has 0 unspecified atom stereocenters. The summed E-state index contributed by atoms with van der Waals surface area (Å²) in [6.45, 7) is 5.12. The quantitative estimate of drug-likeness (QED) is 0.924. The van der Waals surface area contributed by atoms with Gasteiger partial charge in [0.1, 0.15) is 0 Å². The van der Waals surface area contributed by atoms with Crippen LogP contribution in [0.2, 0.25) is 0 Å². The Bertz CT molecular complexity index is 602. The number of furan rings is 1. The first-order chi connectivity index (χ1) is 9.22. The van der Waals surface area contributed by atoms with Crippen molar-refractivity contribution >= 4 is 16.0 Å². The first-order valence-electron chi connectivity index (χ1n) is 6.56. The summed E-state index contributed by atoms with van der Waals surface area (Å²) in [5, 5.41) is 8.49. The van der Waals surface area contributed by atoms with Crippen LogP contribution < -0.4 is 0 Å². The molecule has 1 N–H and O–H groups in total. The molecule has 0 aromatic carbocycles. The number of carbonyl (C=O) groups is 1. The van der Waals surface area contributed by atoms with Gasteiger partial charge in [0.15, 0.2) is 0 Å². The van der Waals surface area contributed by atoms with Crippen molar-refractivity contribution in [1.82, 2.24) is 4.31 Å². The summed E-state index contributed by atoms with van der Waals surface area (Å²) in [7, 11) is -3.74. The highest BCUT2D eigenvalue weighted by Crippen LogP contribution is 2.32. The molecule has 2 rings (SSSR count). The molecule has 20 heavy (non-hydrogen) atoms. The SMILES string of the molecule is CC1(C)CCCN(S(=O)(=O)c2ccc(C(=O)O)o2)CC1. The van der Waals surface area contributed by atoms with E-state index in [1.54, 1.807) is 0 Å². The van der Waals surface area contributed by atoms with E-state index in [-0.39, 0.29) is 16.3 Å². The van der Waals surface area contributed by atoms with Crippen molar-refractivity contribution in [2.45, 2.75) is 38.2 Å². The lowest BCUT2D eigenvalue weighted by Crippen LogP contribution is -2.32. The van der Waals surface area contributed by atoms with Crippen LogP contribution in [0.4, 0.5) is 0 Å². The number of sulfonamides is 1. The molecule has 0 atom stereocenters. The standard InChI is InChI=1S/C13H19NO5S/c1-13(2)6-3-8-14(9-7-13)20(17,18)11-5-4-10(19-11)12(15)16/h4-5H,3,6-9H2,1-2H3,(H,15,16). The molecule has 0 radical (unpaired) electrons. The molecule has 0 bridgehead atoms. The Morgan fingerprint density at radius 2 is 2.00 bits per heavy atom.